The lowest BCUT2D eigenvalue weighted by Gasteiger charge is -2.31. The van der Waals surface area contributed by atoms with E-state index < -0.39 is 0 Å². The lowest BCUT2D eigenvalue weighted by Crippen LogP contribution is -2.41. The van der Waals surface area contributed by atoms with E-state index in [1.807, 2.05) is 35.2 Å². The summed E-state index contributed by atoms with van der Waals surface area (Å²) >= 11 is 0. The van der Waals surface area contributed by atoms with Crippen LogP contribution in [0.5, 0.6) is 0 Å². The fourth-order valence-corrected chi connectivity index (χ4v) is 3.36. The minimum Gasteiger partial charge on any atom is -0.472 e. The fraction of sp³-hybridized carbons (Fsp3) is 0.286. The molecule has 0 atom stereocenters. The Balaban J connectivity index is 1.26. The first-order valence-electron chi connectivity index (χ1n) is 9.32. The van der Waals surface area contributed by atoms with Crippen LogP contribution in [0.3, 0.4) is 0 Å². The molecule has 1 saturated heterocycles. The summed E-state index contributed by atoms with van der Waals surface area (Å²) in [5.74, 6) is 0.643. The molecular formula is C21H21N3O4. The Morgan fingerprint density at radius 1 is 1.14 bits per heavy atom. The van der Waals surface area contributed by atoms with Crippen molar-refractivity contribution in [3.63, 3.8) is 0 Å². The zero-order chi connectivity index (χ0) is 19.3. The summed E-state index contributed by atoms with van der Waals surface area (Å²) in [5, 5.41) is 6.80. The molecule has 3 heterocycles. The fourth-order valence-electron chi connectivity index (χ4n) is 3.36. The molecule has 1 fully saturated rings. The normalized spacial score (nSPS) is 14.8. The Morgan fingerprint density at radius 3 is 2.64 bits per heavy atom. The van der Waals surface area contributed by atoms with Gasteiger partial charge in [-0.1, -0.05) is 35.5 Å². The molecule has 0 saturated carbocycles. The highest BCUT2D eigenvalue weighted by Crippen LogP contribution is 2.21. The number of likely N-dealkylation sites (tertiary alicyclic amines) is 1. The van der Waals surface area contributed by atoms with Gasteiger partial charge in [0.05, 0.1) is 11.8 Å². The van der Waals surface area contributed by atoms with Crippen molar-refractivity contribution in [2.45, 2.75) is 12.8 Å². The quantitative estimate of drug-likeness (QED) is 0.735. The van der Waals surface area contributed by atoms with Gasteiger partial charge < -0.3 is 19.2 Å². The van der Waals surface area contributed by atoms with E-state index in [4.69, 9.17) is 8.94 Å². The number of hydrogen-bond acceptors (Lipinski definition) is 5. The second kappa shape index (κ2) is 8.12. The number of furan rings is 1. The molecule has 0 unspecified atom stereocenters. The van der Waals surface area contributed by atoms with Gasteiger partial charge in [-0.15, -0.1) is 0 Å². The number of piperidine rings is 1. The highest BCUT2D eigenvalue weighted by molar-refractivity contribution is 5.94. The van der Waals surface area contributed by atoms with Crippen molar-refractivity contribution in [3.05, 3.63) is 66.2 Å². The average Bonchev–Trinajstić information content (AvgIpc) is 3.45. The second-order valence-electron chi connectivity index (χ2n) is 6.90. The van der Waals surface area contributed by atoms with E-state index >= 15 is 0 Å². The third-order valence-electron chi connectivity index (χ3n) is 5.02. The monoisotopic (exact) mass is 379 g/mol. The van der Waals surface area contributed by atoms with E-state index in [1.54, 1.807) is 12.1 Å². The minimum atomic E-state index is -0.247. The maximum atomic E-state index is 12.4. The van der Waals surface area contributed by atoms with E-state index in [9.17, 15) is 9.59 Å². The van der Waals surface area contributed by atoms with Gasteiger partial charge in [0, 0.05) is 31.3 Å². The Bertz CT molecular complexity index is 926. The van der Waals surface area contributed by atoms with E-state index in [1.165, 1.54) is 12.5 Å². The minimum absolute atomic E-state index is 0.00715. The molecule has 1 N–H and O–H groups in total. The number of rotatable bonds is 5. The predicted molar refractivity (Wildman–Crippen MR) is 102 cm³/mol. The first-order valence-corrected chi connectivity index (χ1v) is 9.32. The van der Waals surface area contributed by atoms with Crippen molar-refractivity contribution >= 4 is 11.8 Å². The van der Waals surface area contributed by atoms with Crippen molar-refractivity contribution < 1.29 is 18.5 Å². The van der Waals surface area contributed by atoms with Crippen molar-refractivity contribution in [3.8, 4) is 11.3 Å². The number of aromatic nitrogens is 1. The van der Waals surface area contributed by atoms with Crippen LogP contribution in [0, 0.1) is 5.92 Å². The molecular weight excluding hydrogens is 358 g/mol. The van der Waals surface area contributed by atoms with Gasteiger partial charge in [0.15, 0.2) is 11.5 Å². The molecule has 0 radical (unpaired) electrons. The molecule has 4 rings (SSSR count). The first-order chi connectivity index (χ1) is 13.7. The average molecular weight is 379 g/mol. The molecule has 0 spiro atoms. The highest BCUT2D eigenvalue weighted by atomic mass is 16.5. The third-order valence-corrected chi connectivity index (χ3v) is 5.02. The molecule has 2 aromatic heterocycles. The predicted octanol–water partition coefficient (Wildman–Crippen LogP) is 3.22. The van der Waals surface area contributed by atoms with Crippen LogP contribution < -0.4 is 5.32 Å². The Kier molecular flexibility index (Phi) is 5.23. The van der Waals surface area contributed by atoms with Crippen molar-refractivity contribution in [2.24, 2.45) is 5.92 Å². The van der Waals surface area contributed by atoms with Crippen LogP contribution in [-0.2, 0) is 0 Å². The van der Waals surface area contributed by atoms with Crippen LogP contribution in [-0.4, -0.2) is 41.5 Å². The number of carbonyl (C=O) groups is 2. The molecule has 0 aliphatic carbocycles. The van der Waals surface area contributed by atoms with Crippen LogP contribution in [0.15, 0.2) is 63.9 Å². The summed E-state index contributed by atoms with van der Waals surface area (Å²) in [6, 6.07) is 12.9. The Hall–Kier alpha value is -3.35. The Morgan fingerprint density at radius 2 is 1.93 bits per heavy atom. The summed E-state index contributed by atoms with van der Waals surface area (Å²) in [6.07, 6.45) is 4.66. The van der Waals surface area contributed by atoms with Crippen molar-refractivity contribution in [1.82, 2.24) is 15.4 Å². The number of carbonyl (C=O) groups excluding carboxylic acids is 2. The number of nitrogens with zero attached hydrogens (tertiary/aromatic N) is 2. The van der Waals surface area contributed by atoms with Gasteiger partial charge in [0.1, 0.15) is 6.26 Å². The summed E-state index contributed by atoms with van der Waals surface area (Å²) in [5.41, 5.74) is 1.72. The summed E-state index contributed by atoms with van der Waals surface area (Å²) in [6.45, 7) is 1.90. The molecule has 7 heteroatoms. The van der Waals surface area contributed by atoms with Gasteiger partial charge in [-0.2, -0.15) is 0 Å². The molecule has 28 heavy (non-hydrogen) atoms. The number of amides is 2. The van der Waals surface area contributed by atoms with Crippen LogP contribution in [0.25, 0.3) is 11.3 Å². The zero-order valence-electron chi connectivity index (χ0n) is 15.3. The zero-order valence-corrected chi connectivity index (χ0v) is 15.3. The third kappa shape index (κ3) is 3.98. The maximum absolute atomic E-state index is 12.4. The van der Waals surface area contributed by atoms with Gasteiger partial charge in [0.25, 0.3) is 11.8 Å². The largest absolute Gasteiger partial charge is 0.472 e. The van der Waals surface area contributed by atoms with Gasteiger partial charge in [-0.25, -0.2) is 0 Å². The van der Waals surface area contributed by atoms with Gasteiger partial charge in [0.2, 0.25) is 0 Å². The van der Waals surface area contributed by atoms with E-state index in [2.05, 4.69) is 10.5 Å². The number of benzene rings is 1. The van der Waals surface area contributed by atoms with E-state index in [-0.39, 0.29) is 17.5 Å². The number of hydrogen-bond donors (Lipinski definition) is 1. The molecule has 144 valence electrons. The smallest absolute Gasteiger partial charge is 0.273 e. The van der Waals surface area contributed by atoms with Crippen LogP contribution in [0.4, 0.5) is 0 Å². The van der Waals surface area contributed by atoms with Gasteiger partial charge >= 0.3 is 0 Å². The lowest BCUT2D eigenvalue weighted by atomic mass is 9.96. The molecule has 2 amide bonds. The summed E-state index contributed by atoms with van der Waals surface area (Å²) < 4.78 is 10.3. The molecule has 7 nitrogen and oxygen atoms in total. The van der Waals surface area contributed by atoms with E-state index in [0.29, 0.717) is 36.9 Å². The van der Waals surface area contributed by atoms with Gasteiger partial charge in [-0.05, 0) is 24.8 Å². The van der Waals surface area contributed by atoms with Crippen molar-refractivity contribution in [2.75, 3.05) is 19.6 Å². The second-order valence-corrected chi connectivity index (χ2v) is 6.90. The standard InChI is InChI=1S/C21H21N3O4/c25-20(18-12-19(28-23-18)16-4-2-1-3-5-16)22-13-15-6-9-24(10-7-15)21(26)17-8-11-27-14-17/h1-5,8,11-12,14-15H,6-7,9-10,13H2,(H,22,25). The molecule has 3 aromatic rings. The van der Waals surface area contributed by atoms with E-state index in [0.717, 1.165) is 18.4 Å². The van der Waals surface area contributed by atoms with Gasteiger partial charge in [-0.3, -0.25) is 9.59 Å². The SMILES string of the molecule is O=C(NCC1CCN(C(=O)c2ccoc2)CC1)c1cc(-c2ccccc2)on1. The molecule has 1 aromatic carbocycles. The highest BCUT2D eigenvalue weighted by Gasteiger charge is 2.25. The maximum Gasteiger partial charge on any atom is 0.273 e. The lowest BCUT2D eigenvalue weighted by molar-refractivity contribution is 0.0683. The molecule has 0 bridgehead atoms. The molecule has 1 aliphatic rings. The summed E-state index contributed by atoms with van der Waals surface area (Å²) in [4.78, 5) is 26.5. The first kappa shape index (κ1) is 18.0. The van der Waals surface area contributed by atoms with Crippen LogP contribution >= 0.6 is 0 Å². The summed E-state index contributed by atoms with van der Waals surface area (Å²) in [7, 11) is 0. The topological polar surface area (TPSA) is 88.6 Å². The van der Waals surface area contributed by atoms with Crippen LogP contribution in [0.2, 0.25) is 0 Å². The van der Waals surface area contributed by atoms with Crippen molar-refractivity contribution in [1.29, 1.82) is 0 Å². The molecule has 1 aliphatic heterocycles. The Labute approximate surface area is 162 Å². The van der Waals surface area contributed by atoms with Crippen LogP contribution in [0.1, 0.15) is 33.7 Å². The number of nitrogens with one attached hydrogen (secondary N) is 1.